The van der Waals surface area contributed by atoms with Crippen LogP contribution in [-0.4, -0.2) is 11.1 Å². The van der Waals surface area contributed by atoms with Crippen molar-refractivity contribution >= 4 is 21.9 Å². The number of furan rings is 1. The van der Waals surface area contributed by atoms with Crippen LogP contribution in [0, 0.1) is 6.92 Å². The molecular weight excluding hydrogens is 300 g/mol. The number of hydrogen-bond acceptors (Lipinski definition) is 3. The van der Waals surface area contributed by atoms with Crippen LogP contribution in [0.2, 0.25) is 0 Å². The minimum atomic E-state index is -0.960. The van der Waals surface area contributed by atoms with Gasteiger partial charge in [-0.1, -0.05) is 6.07 Å². The van der Waals surface area contributed by atoms with E-state index in [-0.39, 0.29) is 12.2 Å². The lowest BCUT2D eigenvalue weighted by Crippen LogP contribution is -2.02. The quantitative estimate of drug-likeness (QED) is 0.936. The molecule has 2 rings (SSSR count). The van der Waals surface area contributed by atoms with Crippen molar-refractivity contribution in [2.45, 2.75) is 13.5 Å². The van der Waals surface area contributed by atoms with Crippen LogP contribution in [-0.2, 0) is 6.61 Å². The minimum absolute atomic E-state index is 0.244. The molecule has 0 aliphatic heterocycles. The average Bonchev–Trinajstić information content (AvgIpc) is 2.73. The van der Waals surface area contributed by atoms with E-state index in [1.807, 2.05) is 0 Å². The lowest BCUT2D eigenvalue weighted by Gasteiger charge is -2.09. The van der Waals surface area contributed by atoms with E-state index in [0.717, 1.165) is 0 Å². The highest BCUT2D eigenvalue weighted by Crippen LogP contribution is 2.23. The molecule has 5 heteroatoms. The van der Waals surface area contributed by atoms with Gasteiger partial charge in [-0.25, -0.2) is 4.79 Å². The van der Waals surface area contributed by atoms with Gasteiger partial charge in [0.25, 0.3) is 0 Å². The average molecular weight is 311 g/mol. The minimum Gasteiger partial charge on any atom is -0.485 e. The van der Waals surface area contributed by atoms with E-state index in [1.54, 1.807) is 37.3 Å². The molecule has 18 heavy (non-hydrogen) atoms. The Morgan fingerprint density at radius 3 is 2.78 bits per heavy atom. The maximum atomic E-state index is 11.0. The molecule has 4 nitrogen and oxygen atoms in total. The van der Waals surface area contributed by atoms with E-state index in [9.17, 15) is 4.79 Å². The Morgan fingerprint density at radius 2 is 2.17 bits per heavy atom. The molecule has 0 unspecified atom stereocenters. The molecule has 0 aliphatic rings. The predicted molar refractivity (Wildman–Crippen MR) is 68.9 cm³/mol. The van der Waals surface area contributed by atoms with Crippen molar-refractivity contribution in [3.63, 3.8) is 0 Å². The van der Waals surface area contributed by atoms with Crippen LogP contribution in [0.5, 0.6) is 5.75 Å². The molecule has 0 spiro atoms. The summed E-state index contributed by atoms with van der Waals surface area (Å²) in [7, 11) is 0. The molecule has 0 saturated heterocycles. The predicted octanol–water partition coefficient (Wildman–Crippen LogP) is 3.63. The van der Waals surface area contributed by atoms with Gasteiger partial charge in [0.1, 0.15) is 18.1 Å². The van der Waals surface area contributed by atoms with Gasteiger partial charge in [-0.15, -0.1) is 0 Å². The molecule has 0 aliphatic carbocycles. The number of carboxylic acids is 1. The third-order valence-corrected chi connectivity index (χ3v) is 2.94. The summed E-state index contributed by atoms with van der Waals surface area (Å²) in [4.78, 5) is 11.0. The fourth-order valence-electron chi connectivity index (χ4n) is 1.58. The summed E-state index contributed by atoms with van der Waals surface area (Å²) < 4.78 is 11.5. The SMILES string of the molecule is Cc1c(OCc2ccc(Br)o2)cccc1C(=O)O. The third-order valence-electron chi connectivity index (χ3n) is 2.51. The van der Waals surface area contributed by atoms with E-state index in [0.29, 0.717) is 21.7 Å². The monoisotopic (exact) mass is 310 g/mol. The molecule has 1 heterocycles. The zero-order valence-corrected chi connectivity index (χ0v) is 11.2. The van der Waals surface area contributed by atoms with Crippen molar-refractivity contribution in [2.24, 2.45) is 0 Å². The molecule has 1 aromatic carbocycles. The molecule has 2 aromatic rings. The van der Waals surface area contributed by atoms with Gasteiger partial charge in [-0.3, -0.25) is 0 Å². The second-order valence-corrected chi connectivity index (χ2v) is 4.51. The molecule has 1 aromatic heterocycles. The zero-order valence-electron chi connectivity index (χ0n) is 9.64. The van der Waals surface area contributed by atoms with Gasteiger partial charge >= 0.3 is 5.97 Å². The van der Waals surface area contributed by atoms with Gasteiger partial charge < -0.3 is 14.3 Å². The van der Waals surface area contributed by atoms with Gasteiger partial charge in [-0.2, -0.15) is 0 Å². The molecule has 0 saturated carbocycles. The maximum Gasteiger partial charge on any atom is 0.336 e. The van der Waals surface area contributed by atoms with Crippen molar-refractivity contribution in [1.82, 2.24) is 0 Å². The largest absolute Gasteiger partial charge is 0.485 e. The van der Waals surface area contributed by atoms with Crippen molar-refractivity contribution < 1.29 is 19.1 Å². The first-order valence-electron chi connectivity index (χ1n) is 5.28. The maximum absolute atomic E-state index is 11.0. The van der Waals surface area contributed by atoms with Crippen LogP contribution in [0.4, 0.5) is 0 Å². The smallest absolute Gasteiger partial charge is 0.336 e. The highest BCUT2D eigenvalue weighted by atomic mass is 79.9. The highest BCUT2D eigenvalue weighted by molar-refractivity contribution is 9.10. The van der Waals surface area contributed by atoms with Crippen LogP contribution in [0.1, 0.15) is 21.7 Å². The van der Waals surface area contributed by atoms with Crippen LogP contribution < -0.4 is 4.74 Å². The van der Waals surface area contributed by atoms with Crippen LogP contribution in [0.3, 0.4) is 0 Å². The number of carboxylic acid groups (broad SMARTS) is 1. The number of halogens is 1. The first-order valence-corrected chi connectivity index (χ1v) is 6.07. The fraction of sp³-hybridized carbons (Fsp3) is 0.154. The lowest BCUT2D eigenvalue weighted by atomic mass is 10.1. The Kier molecular flexibility index (Phi) is 3.72. The number of rotatable bonds is 4. The molecule has 0 radical (unpaired) electrons. The standard InChI is InChI=1S/C13H11BrO4/c1-8-10(13(15)16)3-2-4-11(8)17-7-9-5-6-12(14)18-9/h2-6H,7H2,1H3,(H,15,16). The molecule has 0 bridgehead atoms. The van der Waals surface area contributed by atoms with Gasteiger partial charge in [0.05, 0.1) is 5.56 Å². The van der Waals surface area contributed by atoms with Gasteiger partial charge in [0.2, 0.25) is 0 Å². The molecule has 0 amide bonds. The van der Waals surface area contributed by atoms with E-state index in [1.165, 1.54) is 0 Å². The van der Waals surface area contributed by atoms with Gasteiger partial charge in [0, 0.05) is 5.56 Å². The summed E-state index contributed by atoms with van der Waals surface area (Å²) in [6.45, 7) is 1.98. The fourth-order valence-corrected chi connectivity index (χ4v) is 1.92. The molecule has 0 fully saturated rings. The Labute approximate surface area is 112 Å². The molecule has 1 N–H and O–H groups in total. The second kappa shape index (κ2) is 5.27. The second-order valence-electron chi connectivity index (χ2n) is 3.73. The number of ether oxygens (including phenoxy) is 1. The van der Waals surface area contributed by atoms with E-state index in [2.05, 4.69) is 15.9 Å². The van der Waals surface area contributed by atoms with Crippen molar-refractivity contribution in [1.29, 1.82) is 0 Å². The molecule has 94 valence electrons. The van der Waals surface area contributed by atoms with Crippen molar-refractivity contribution in [2.75, 3.05) is 0 Å². The van der Waals surface area contributed by atoms with Gasteiger partial charge in [0.15, 0.2) is 4.67 Å². The highest BCUT2D eigenvalue weighted by Gasteiger charge is 2.11. The Morgan fingerprint density at radius 1 is 1.39 bits per heavy atom. The first-order chi connectivity index (χ1) is 8.58. The topological polar surface area (TPSA) is 59.7 Å². The first kappa shape index (κ1) is 12.7. The summed E-state index contributed by atoms with van der Waals surface area (Å²) in [5.74, 6) is 0.253. The summed E-state index contributed by atoms with van der Waals surface area (Å²) in [5.41, 5.74) is 0.851. The Balaban J connectivity index is 2.14. The Bertz CT molecular complexity index is 574. The molecular formula is C13H11BrO4. The van der Waals surface area contributed by atoms with Crippen LogP contribution >= 0.6 is 15.9 Å². The summed E-state index contributed by atoms with van der Waals surface area (Å²) in [6, 6.07) is 8.51. The molecule has 0 atom stereocenters. The normalized spacial score (nSPS) is 10.3. The Hall–Kier alpha value is -1.75. The number of carbonyl (C=O) groups is 1. The van der Waals surface area contributed by atoms with Crippen molar-refractivity contribution in [3.8, 4) is 5.75 Å². The summed E-state index contributed by atoms with van der Waals surface area (Å²) >= 11 is 3.20. The summed E-state index contributed by atoms with van der Waals surface area (Å²) in [5, 5.41) is 9.00. The number of benzene rings is 1. The van der Waals surface area contributed by atoms with E-state index < -0.39 is 5.97 Å². The lowest BCUT2D eigenvalue weighted by molar-refractivity contribution is 0.0695. The van der Waals surface area contributed by atoms with Crippen molar-refractivity contribution in [3.05, 3.63) is 51.9 Å². The van der Waals surface area contributed by atoms with Crippen LogP contribution in [0.25, 0.3) is 0 Å². The number of aromatic carboxylic acids is 1. The van der Waals surface area contributed by atoms with E-state index in [4.69, 9.17) is 14.3 Å². The van der Waals surface area contributed by atoms with E-state index >= 15 is 0 Å². The van der Waals surface area contributed by atoms with Gasteiger partial charge in [-0.05, 0) is 47.1 Å². The zero-order chi connectivity index (χ0) is 13.1. The third kappa shape index (κ3) is 2.73. The summed E-state index contributed by atoms with van der Waals surface area (Å²) in [6.07, 6.45) is 0. The number of hydrogen-bond donors (Lipinski definition) is 1. The van der Waals surface area contributed by atoms with Crippen LogP contribution in [0.15, 0.2) is 39.4 Å².